The molecule has 142 valence electrons. The van der Waals surface area contributed by atoms with E-state index < -0.39 is 0 Å². The number of nitrogens with zero attached hydrogens (tertiary/aromatic N) is 4. The molecule has 0 aliphatic carbocycles. The van der Waals surface area contributed by atoms with Crippen LogP contribution in [-0.2, 0) is 13.0 Å². The molecule has 2 heterocycles. The summed E-state index contributed by atoms with van der Waals surface area (Å²) in [6, 6.07) is 15.1. The van der Waals surface area contributed by atoms with Crippen molar-refractivity contribution in [2.45, 2.75) is 19.9 Å². The average Bonchev–Trinajstić information content (AvgIpc) is 3.33. The molecule has 0 spiro atoms. The maximum absolute atomic E-state index is 12.4. The molecule has 0 atom stereocenters. The molecule has 0 bridgehead atoms. The SMILES string of the molecule is CCc1nnc2sc(-c3ccc(CNC(=O)c4ccccc4OC)cc3)nn12. The molecule has 0 fully saturated rings. The molecule has 0 unspecified atom stereocenters. The van der Waals surface area contributed by atoms with Crippen LogP contribution in [-0.4, -0.2) is 32.8 Å². The van der Waals surface area contributed by atoms with Gasteiger partial charge in [-0.15, -0.1) is 10.2 Å². The highest BCUT2D eigenvalue weighted by atomic mass is 32.1. The molecule has 0 saturated carbocycles. The number of aromatic nitrogens is 4. The molecule has 8 heteroatoms. The predicted octanol–water partition coefficient (Wildman–Crippen LogP) is 3.35. The molecule has 28 heavy (non-hydrogen) atoms. The summed E-state index contributed by atoms with van der Waals surface area (Å²) in [6.07, 6.45) is 0.787. The Morgan fingerprint density at radius 1 is 1.14 bits per heavy atom. The van der Waals surface area contributed by atoms with Crippen LogP contribution < -0.4 is 10.1 Å². The molecule has 0 aliphatic heterocycles. The van der Waals surface area contributed by atoms with Crippen molar-refractivity contribution >= 4 is 22.2 Å². The number of nitrogens with one attached hydrogen (secondary N) is 1. The standard InChI is InChI=1S/C20H19N5O2S/c1-3-17-22-23-20-25(17)24-19(28-20)14-10-8-13(9-11-14)12-21-18(26)15-6-4-5-7-16(15)27-2/h4-11H,3,12H2,1-2H3,(H,21,26). The molecule has 4 rings (SSSR count). The number of carbonyl (C=O) groups excluding carboxylic acids is 1. The fourth-order valence-corrected chi connectivity index (χ4v) is 3.73. The van der Waals surface area contributed by atoms with Gasteiger partial charge >= 0.3 is 0 Å². The molecule has 0 saturated heterocycles. The summed E-state index contributed by atoms with van der Waals surface area (Å²) < 4.78 is 7.03. The third kappa shape index (κ3) is 3.46. The second kappa shape index (κ2) is 7.77. The van der Waals surface area contributed by atoms with Crippen molar-refractivity contribution in [3.63, 3.8) is 0 Å². The molecule has 7 nitrogen and oxygen atoms in total. The van der Waals surface area contributed by atoms with E-state index in [1.54, 1.807) is 23.8 Å². The normalized spacial score (nSPS) is 10.9. The van der Waals surface area contributed by atoms with Crippen molar-refractivity contribution in [2.75, 3.05) is 7.11 Å². The molecule has 2 aromatic carbocycles. The Bertz CT molecular complexity index is 1120. The van der Waals surface area contributed by atoms with Crippen LogP contribution in [0.15, 0.2) is 48.5 Å². The number of hydrogen-bond acceptors (Lipinski definition) is 6. The van der Waals surface area contributed by atoms with Gasteiger partial charge in [0.05, 0.1) is 12.7 Å². The van der Waals surface area contributed by atoms with Crippen molar-refractivity contribution < 1.29 is 9.53 Å². The quantitative estimate of drug-likeness (QED) is 0.543. The number of rotatable bonds is 6. The molecule has 2 aromatic heterocycles. The number of benzene rings is 2. The summed E-state index contributed by atoms with van der Waals surface area (Å²) in [5.41, 5.74) is 2.54. The highest BCUT2D eigenvalue weighted by Crippen LogP contribution is 2.26. The van der Waals surface area contributed by atoms with E-state index in [1.165, 1.54) is 11.3 Å². The second-order valence-corrected chi connectivity index (χ2v) is 7.11. The Balaban J connectivity index is 1.45. The molecule has 1 N–H and O–H groups in total. The Morgan fingerprint density at radius 2 is 1.93 bits per heavy atom. The lowest BCUT2D eigenvalue weighted by Gasteiger charge is -2.09. The zero-order valence-corrected chi connectivity index (χ0v) is 16.4. The van der Waals surface area contributed by atoms with E-state index in [0.29, 0.717) is 17.9 Å². The first-order valence-corrected chi connectivity index (χ1v) is 9.73. The number of carbonyl (C=O) groups is 1. The molecular weight excluding hydrogens is 374 g/mol. The number of aryl methyl sites for hydroxylation is 1. The molecule has 1 amide bonds. The smallest absolute Gasteiger partial charge is 0.255 e. The van der Waals surface area contributed by atoms with Crippen molar-refractivity contribution in [1.29, 1.82) is 0 Å². The minimum absolute atomic E-state index is 0.165. The van der Waals surface area contributed by atoms with E-state index in [4.69, 9.17) is 4.74 Å². The van der Waals surface area contributed by atoms with Crippen molar-refractivity contribution in [3.8, 4) is 16.3 Å². The lowest BCUT2D eigenvalue weighted by atomic mass is 10.1. The van der Waals surface area contributed by atoms with E-state index in [1.807, 2.05) is 43.3 Å². The highest BCUT2D eigenvalue weighted by Gasteiger charge is 2.13. The Kier molecular flexibility index (Phi) is 5.03. The van der Waals surface area contributed by atoms with Crippen LogP contribution in [0.5, 0.6) is 5.75 Å². The molecule has 0 radical (unpaired) electrons. The second-order valence-electron chi connectivity index (χ2n) is 6.15. The maximum Gasteiger partial charge on any atom is 0.255 e. The Morgan fingerprint density at radius 3 is 2.68 bits per heavy atom. The Hall–Kier alpha value is -3.26. The fraction of sp³-hybridized carbons (Fsp3) is 0.200. The van der Waals surface area contributed by atoms with E-state index in [9.17, 15) is 4.79 Å². The van der Waals surface area contributed by atoms with Crippen molar-refractivity contribution in [2.24, 2.45) is 0 Å². The largest absolute Gasteiger partial charge is 0.496 e. The van der Waals surface area contributed by atoms with E-state index in [0.717, 1.165) is 33.3 Å². The Labute approximate surface area is 166 Å². The lowest BCUT2D eigenvalue weighted by molar-refractivity contribution is 0.0948. The van der Waals surface area contributed by atoms with E-state index in [2.05, 4.69) is 20.6 Å². The van der Waals surface area contributed by atoms with Crippen molar-refractivity contribution in [1.82, 2.24) is 25.1 Å². The first-order valence-electron chi connectivity index (χ1n) is 8.91. The van der Waals surface area contributed by atoms with Crippen LogP contribution >= 0.6 is 11.3 Å². The number of fused-ring (bicyclic) bond motifs is 1. The highest BCUT2D eigenvalue weighted by molar-refractivity contribution is 7.19. The first-order chi connectivity index (χ1) is 13.7. The van der Waals surface area contributed by atoms with Gasteiger partial charge in [-0.2, -0.15) is 9.61 Å². The van der Waals surface area contributed by atoms with Gasteiger partial charge in [0.1, 0.15) is 10.8 Å². The average molecular weight is 393 g/mol. The van der Waals surface area contributed by atoms with Crippen LogP contribution in [0.25, 0.3) is 15.5 Å². The van der Waals surface area contributed by atoms with Gasteiger partial charge in [-0.05, 0) is 17.7 Å². The zero-order valence-electron chi connectivity index (χ0n) is 15.5. The molecule has 0 aliphatic rings. The van der Waals surface area contributed by atoms with Crippen LogP contribution in [0, 0.1) is 0 Å². The minimum atomic E-state index is -0.165. The summed E-state index contributed by atoms with van der Waals surface area (Å²) in [4.78, 5) is 13.2. The summed E-state index contributed by atoms with van der Waals surface area (Å²) >= 11 is 1.51. The maximum atomic E-state index is 12.4. The third-order valence-electron chi connectivity index (χ3n) is 4.38. The summed E-state index contributed by atoms with van der Waals surface area (Å²) in [6.45, 7) is 2.46. The molecular formula is C20H19N5O2S. The van der Waals surface area contributed by atoms with Gasteiger partial charge in [0.2, 0.25) is 4.96 Å². The monoisotopic (exact) mass is 393 g/mol. The minimum Gasteiger partial charge on any atom is -0.496 e. The molecule has 4 aromatic rings. The van der Waals surface area contributed by atoms with Crippen LogP contribution in [0.1, 0.15) is 28.7 Å². The van der Waals surface area contributed by atoms with Gasteiger partial charge in [0.25, 0.3) is 5.91 Å². The van der Waals surface area contributed by atoms with Crippen LogP contribution in [0.2, 0.25) is 0 Å². The van der Waals surface area contributed by atoms with E-state index in [-0.39, 0.29) is 5.91 Å². The lowest BCUT2D eigenvalue weighted by Crippen LogP contribution is -2.23. The van der Waals surface area contributed by atoms with Crippen LogP contribution in [0.4, 0.5) is 0 Å². The summed E-state index contributed by atoms with van der Waals surface area (Å²) in [5, 5.41) is 16.7. The number of para-hydroxylation sites is 1. The number of ether oxygens (including phenoxy) is 1. The first kappa shape index (κ1) is 18.1. The van der Waals surface area contributed by atoms with Gasteiger partial charge in [0, 0.05) is 18.5 Å². The van der Waals surface area contributed by atoms with Gasteiger partial charge in [-0.1, -0.05) is 54.7 Å². The zero-order chi connectivity index (χ0) is 19.5. The van der Waals surface area contributed by atoms with Crippen LogP contribution in [0.3, 0.4) is 0 Å². The predicted molar refractivity (Wildman–Crippen MR) is 108 cm³/mol. The number of amides is 1. The third-order valence-corrected chi connectivity index (χ3v) is 5.33. The summed E-state index contributed by atoms with van der Waals surface area (Å²) in [5.74, 6) is 1.25. The van der Waals surface area contributed by atoms with Gasteiger partial charge < -0.3 is 10.1 Å². The van der Waals surface area contributed by atoms with Gasteiger partial charge in [-0.3, -0.25) is 4.79 Å². The van der Waals surface area contributed by atoms with Gasteiger partial charge in [0.15, 0.2) is 5.82 Å². The van der Waals surface area contributed by atoms with E-state index >= 15 is 0 Å². The number of hydrogen-bond donors (Lipinski definition) is 1. The topological polar surface area (TPSA) is 81.4 Å². The number of methoxy groups -OCH3 is 1. The van der Waals surface area contributed by atoms with Gasteiger partial charge in [-0.25, -0.2) is 0 Å². The fourth-order valence-electron chi connectivity index (χ4n) is 2.87. The summed E-state index contributed by atoms with van der Waals surface area (Å²) in [7, 11) is 1.56. The van der Waals surface area contributed by atoms with Crippen molar-refractivity contribution in [3.05, 3.63) is 65.5 Å².